The van der Waals surface area contributed by atoms with Gasteiger partial charge < -0.3 is 10.1 Å². The van der Waals surface area contributed by atoms with Crippen molar-refractivity contribution in [3.63, 3.8) is 0 Å². The fraction of sp³-hybridized carbons (Fsp3) is 0.294. The van der Waals surface area contributed by atoms with Crippen molar-refractivity contribution in [2.45, 2.75) is 19.8 Å². The molecule has 0 bridgehead atoms. The number of benzene rings is 2. The van der Waals surface area contributed by atoms with E-state index >= 15 is 0 Å². The van der Waals surface area contributed by atoms with Crippen LogP contribution in [0.4, 0.5) is 10.1 Å². The molecule has 0 heterocycles. The summed E-state index contributed by atoms with van der Waals surface area (Å²) in [5.74, 6) is 1.12. The van der Waals surface area contributed by atoms with Crippen LogP contribution in [0.2, 0.25) is 0 Å². The Balaban J connectivity index is 1.77. The zero-order chi connectivity index (χ0) is 14.4. The van der Waals surface area contributed by atoms with Gasteiger partial charge in [-0.3, -0.25) is 0 Å². The summed E-state index contributed by atoms with van der Waals surface area (Å²) in [5.41, 5.74) is 1.80. The highest BCUT2D eigenvalue weighted by atomic mass is 19.1. The predicted octanol–water partition coefficient (Wildman–Crippen LogP) is 4.44. The van der Waals surface area contributed by atoms with E-state index in [1.807, 2.05) is 12.1 Å². The zero-order valence-corrected chi connectivity index (χ0v) is 11.9. The van der Waals surface area contributed by atoms with E-state index in [-0.39, 0.29) is 5.82 Å². The number of rotatable bonds is 6. The number of nitrogens with one attached hydrogen (secondary N) is 1. The molecule has 0 fully saturated rings. The molecular weight excluding hydrogens is 253 g/mol. The van der Waals surface area contributed by atoms with E-state index in [4.69, 9.17) is 4.74 Å². The van der Waals surface area contributed by atoms with E-state index < -0.39 is 0 Å². The van der Waals surface area contributed by atoms with Crippen molar-refractivity contribution in [2.75, 3.05) is 18.5 Å². The van der Waals surface area contributed by atoms with Gasteiger partial charge in [0.1, 0.15) is 18.2 Å². The second kappa shape index (κ2) is 6.94. The Morgan fingerprint density at radius 2 is 1.75 bits per heavy atom. The third-order valence-corrected chi connectivity index (χ3v) is 3.11. The normalized spacial score (nSPS) is 10.6. The second-order valence-electron chi connectivity index (χ2n) is 4.98. The van der Waals surface area contributed by atoms with E-state index in [2.05, 4.69) is 31.3 Å². The lowest BCUT2D eigenvalue weighted by Crippen LogP contribution is -2.12. The van der Waals surface area contributed by atoms with Crippen molar-refractivity contribution in [1.82, 2.24) is 0 Å². The van der Waals surface area contributed by atoms with Gasteiger partial charge >= 0.3 is 0 Å². The van der Waals surface area contributed by atoms with Crippen molar-refractivity contribution in [2.24, 2.45) is 0 Å². The van der Waals surface area contributed by atoms with Gasteiger partial charge in [-0.1, -0.05) is 38.1 Å². The Hall–Kier alpha value is -2.03. The highest BCUT2D eigenvalue weighted by Gasteiger charge is 2.01. The maximum Gasteiger partial charge on any atom is 0.146 e. The molecular formula is C17H20FNO. The standard InChI is InChI=1S/C17H20FNO/c1-13(2)14-7-9-15(10-8-14)20-12-11-19-17-6-4-3-5-16(17)18/h3-10,13,19H,11-12H2,1-2H3. The van der Waals surface area contributed by atoms with Crippen LogP contribution in [0.15, 0.2) is 48.5 Å². The minimum atomic E-state index is -0.242. The molecule has 0 saturated carbocycles. The number of anilines is 1. The highest BCUT2D eigenvalue weighted by molar-refractivity contribution is 5.44. The van der Waals surface area contributed by atoms with Gasteiger partial charge in [0.25, 0.3) is 0 Å². The lowest BCUT2D eigenvalue weighted by Gasteiger charge is -2.10. The molecule has 0 aliphatic carbocycles. The Morgan fingerprint density at radius 1 is 1.05 bits per heavy atom. The summed E-state index contributed by atoms with van der Waals surface area (Å²) >= 11 is 0. The molecule has 0 aromatic heterocycles. The SMILES string of the molecule is CC(C)c1ccc(OCCNc2ccccc2F)cc1. The van der Waals surface area contributed by atoms with Gasteiger partial charge in [-0.2, -0.15) is 0 Å². The first-order valence-corrected chi connectivity index (χ1v) is 6.88. The summed E-state index contributed by atoms with van der Waals surface area (Å²) in [6, 6.07) is 14.7. The van der Waals surface area contributed by atoms with Crippen LogP contribution < -0.4 is 10.1 Å². The minimum absolute atomic E-state index is 0.242. The van der Waals surface area contributed by atoms with E-state index in [1.165, 1.54) is 11.6 Å². The maximum atomic E-state index is 13.4. The van der Waals surface area contributed by atoms with Crippen molar-refractivity contribution >= 4 is 5.69 Å². The van der Waals surface area contributed by atoms with Gasteiger partial charge in [0.05, 0.1) is 5.69 Å². The molecule has 0 spiro atoms. The van der Waals surface area contributed by atoms with Crippen LogP contribution >= 0.6 is 0 Å². The van der Waals surface area contributed by atoms with Crippen LogP contribution in [0.5, 0.6) is 5.75 Å². The summed E-state index contributed by atoms with van der Waals surface area (Å²) in [5, 5.41) is 3.01. The Morgan fingerprint density at radius 3 is 2.40 bits per heavy atom. The highest BCUT2D eigenvalue weighted by Crippen LogP contribution is 2.18. The molecule has 2 aromatic rings. The van der Waals surface area contributed by atoms with Gasteiger partial charge in [-0.25, -0.2) is 4.39 Å². The summed E-state index contributed by atoms with van der Waals surface area (Å²) in [7, 11) is 0. The number of halogens is 1. The Kier molecular flexibility index (Phi) is 4.99. The average molecular weight is 273 g/mol. The summed E-state index contributed by atoms with van der Waals surface area (Å²) < 4.78 is 19.0. The lowest BCUT2D eigenvalue weighted by atomic mass is 10.0. The smallest absolute Gasteiger partial charge is 0.146 e. The van der Waals surface area contributed by atoms with Crippen LogP contribution in [-0.4, -0.2) is 13.2 Å². The van der Waals surface area contributed by atoms with Crippen molar-refractivity contribution in [1.29, 1.82) is 0 Å². The average Bonchev–Trinajstić information content (AvgIpc) is 2.46. The Bertz CT molecular complexity index is 537. The molecule has 0 aliphatic rings. The number of ether oxygens (including phenoxy) is 1. The molecule has 106 valence electrons. The van der Waals surface area contributed by atoms with Crippen LogP contribution in [0.1, 0.15) is 25.3 Å². The van der Waals surface area contributed by atoms with Gasteiger partial charge in [-0.15, -0.1) is 0 Å². The molecule has 0 aliphatic heterocycles. The third kappa shape index (κ3) is 3.98. The van der Waals surface area contributed by atoms with Gasteiger partial charge in [0.2, 0.25) is 0 Å². The molecule has 0 radical (unpaired) electrons. The van der Waals surface area contributed by atoms with Crippen LogP contribution in [0.25, 0.3) is 0 Å². The predicted molar refractivity (Wildman–Crippen MR) is 80.9 cm³/mol. The van der Waals surface area contributed by atoms with Crippen molar-refractivity contribution in [3.05, 3.63) is 59.9 Å². The number of hydrogen-bond acceptors (Lipinski definition) is 2. The first-order chi connectivity index (χ1) is 9.66. The Labute approximate surface area is 119 Å². The topological polar surface area (TPSA) is 21.3 Å². The van der Waals surface area contributed by atoms with Crippen LogP contribution in [0, 0.1) is 5.82 Å². The first kappa shape index (κ1) is 14.4. The van der Waals surface area contributed by atoms with E-state index in [0.717, 1.165) is 5.75 Å². The third-order valence-electron chi connectivity index (χ3n) is 3.11. The second-order valence-corrected chi connectivity index (χ2v) is 4.98. The molecule has 2 nitrogen and oxygen atoms in total. The van der Waals surface area contributed by atoms with Crippen molar-refractivity contribution in [3.8, 4) is 5.75 Å². The molecule has 3 heteroatoms. The number of para-hydroxylation sites is 1. The molecule has 1 N–H and O–H groups in total. The quantitative estimate of drug-likeness (QED) is 0.786. The maximum absolute atomic E-state index is 13.4. The summed E-state index contributed by atoms with van der Waals surface area (Å²) in [4.78, 5) is 0. The van der Waals surface area contributed by atoms with Gasteiger partial charge in [0.15, 0.2) is 0 Å². The largest absolute Gasteiger partial charge is 0.492 e. The van der Waals surface area contributed by atoms with E-state index in [1.54, 1.807) is 18.2 Å². The molecule has 2 rings (SSSR count). The number of hydrogen-bond donors (Lipinski definition) is 1. The molecule has 0 amide bonds. The molecule has 2 aromatic carbocycles. The zero-order valence-electron chi connectivity index (χ0n) is 11.9. The lowest BCUT2D eigenvalue weighted by molar-refractivity contribution is 0.332. The van der Waals surface area contributed by atoms with Crippen molar-refractivity contribution < 1.29 is 9.13 Å². The molecule has 0 unspecified atom stereocenters. The van der Waals surface area contributed by atoms with E-state index in [9.17, 15) is 4.39 Å². The van der Waals surface area contributed by atoms with Crippen LogP contribution in [-0.2, 0) is 0 Å². The summed E-state index contributed by atoms with van der Waals surface area (Å²) in [6.45, 7) is 5.38. The van der Waals surface area contributed by atoms with Crippen LogP contribution in [0.3, 0.4) is 0 Å². The molecule has 0 atom stereocenters. The summed E-state index contributed by atoms with van der Waals surface area (Å²) in [6.07, 6.45) is 0. The molecule has 0 saturated heterocycles. The fourth-order valence-electron chi connectivity index (χ4n) is 1.91. The molecule has 20 heavy (non-hydrogen) atoms. The van der Waals surface area contributed by atoms with E-state index in [0.29, 0.717) is 24.8 Å². The monoisotopic (exact) mass is 273 g/mol. The van der Waals surface area contributed by atoms with Gasteiger partial charge in [-0.05, 0) is 35.7 Å². The first-order valence-electron chi connectivity index (χ1n) is 6.88. The van der Waals surface area contributed by atoms with Gasteiger partial charge in [0, 0.05) is 6.54 Å². The fourth-order valence-corrected chi connectivity index (χ4v) is 1.91. The minimum Gasteiger partial charge on any atom is -0.492 e.